The lowest BCUT2D eigenvalue weighted by Gasteiger charge is -2.18. The Kier molecular flexibility index (Phi) is 6.99. The molecular weight excluding hydrogens is 392 g/mol. The monoisotopic (exact) mass is 416 g/mol. The van der Waals surface area contributed by atoms with Gasteiger partial charge in [0.1, 0.15) is 0 Å². The maximum Gasteiger partial charge on any atom is 0.255 e. The quantitative estimate of drug-likeness (QED) is 0.735. The largest absolute Gasteiger partial charge is 0.493 e. The summed E-state index contributed by atoms with van der Waals surface area (Å²) in [5.41, 5.74) is 1.87. The van der Waals surface area contributed by atoms with Crippen LogP contribution in [0.1, 0.15) is 35.2 Å². The van der Waals surface area contributed by atoms with Crippen molar-refractivity contribution in [3.63, 3.8) is 0 Å². The number of likely N-dealkylation sites (tertiary alicyclic amines) is 1. The van der Waals surface area contributed by atoms with Crippen molar-refractivity contribution in [1.29, 1.82) is 0 Å². The number of amides is 2. The summed E-state index contributed by atoms with van der Waals surface area (Å²) in [5.74, 6) is 1.01. The van der Waals surface area contributed by atoms with Crippen molar-refractivity contribution >= 4 is 29.1 Å². The maximum absolute atomic E-state index is 12.8. The lowest BCUT2D eigenvalue weighted by atomic mass is 10.1. The average molecular weight is 417 g/mol. The van der Waals surface area contributed by atoms with Gasteiger partial charge in [-0.15, -0.1) is 0 Å². The number of carbonyl (C=O) groups excluding carboxylic acids is 2. The van der Waals surface area contributed by atoms with Gasteiger partial charge in [-0.25, -0.2) is 0 Å². The topological polar surface area (TPSA) is 67.9 Å². The van der Waals surface area contributed by atoms with E-state index in [2.05, 4.69) is 5.32 Å². The van der Waals surface area contributed by atoms with Crippen LogP contribution in [0.15, 0.2) is 36.4 Å². The van der Waals surface area contributed by atoms with Crippen LogP contribution in [0.4, 0.5) is 5.69 Å². The Bertz CT molecular complexity index is 894. The van der Waals surface area contributed by atoms with E-state index >= 15 is 0 Å². The van der Waals surface area contributed by atoms with Crippen LogP contribution in [-0.4, -0.2) is 44.0 Å². The summed E-state index contributed by atoms with van der Waals surface area (Å²) >= 11 is 6.10. The molecule has 1 aliphatic heterocycles. The molecule has 1 saturated heterocycles. The molecular formula is C22H25ClN2O4. The van der Waals surface area contributed by atoms with E-state index in [0.717, 1.165) is 31.5 Å². The van der Waals surface area contributed by atoms with E-state index in [9.17, 15) is 9.59 Å². The Morgan fingerprint density at radius 2 is 1.76 bits per heavy atom. The van der Waals surface area contributed by atoms with Crippen molar-refractivity contribution in [2.75, 3.05) is 32.6 Å². The number of hydrogen-bond donors (Lipinski definition) is 1. The molecule has 0 aliphatic carbocycles. The summed E-state index contributed by atoms with van der Waals surface area (Å²) in [6, 6.07) is 10.5. The molecule has 0 spiro atoms. The van der Waals surface area contributed by atoms with E-state index in [4.69, 9.17) is 21.1 Å². The van der Waals surface area contributed by atoms with Crippen molar-refractivity contribution < 1.29 is 19.1 Å². The van der Waals surface area contributed by atoms with Gasteiger partial charge in [-0.05, 0) is 55.2 Å². The zero-order valence-electron chi connectivity index (χ0n) is 16.7. The van der Waals surface area contributed by atoms with E-state index in [1.807, 2.05) is 23.1 Å². The first-order valence-corrected chi connectivity index (χ1v) is 9.99. The van der Waals surface area contributed by atoms with Gasteiger partial charge in [0.2, 0.25) is 5.91 Å². The maximum atomic E-state index is 12.8. The van der Waals surface area contributed by atoms with E-state index < -0.39 is 0 Å². The second kappa shape index (κ2) is 9.65. The Morgan fingerprint density at radius 3 is 2.45 bits per heavy atom. The van der Waals surface area contributed by atoms with Crippen molar-refractivity contribution in [2.45, 2.75) is 25.7 Å². The molecule has 0 unspecified atom stereocenters. The predicted molar refractivity (Wildman–Crippen MR) is 113 cm³/mol. The fourth-order valence-electron chi connectivity index (χ4n) is 3.40. The van der Waals surface area contributed by atoms with Crippen molar-refractivity contribution in [3.05, 3.63) is 52.5 Å². The Labute approximate surface area is 175 Å². The first-order valence-electron chi connectivity index (χ1n) is 9.61. The average Bonchev–Trinajstić information content (AvgIpc) is 3.26. The number of benzene rings is 2. The molecule has 1 aliphatic rings. The number of anilines is 1. The van der Waals surface area contributed by atoms with E-state index in [1.54, 1.807) is 32.4 Å². The van der Waals surface area contributed by atoms with Crippen LogP contribution >= 0.6 is 11.6 Å². The Morgan fingerprint density at radius 1 is 1.03 bits per heavy atom. The fraction of sp³-hybridized carbons (Fsp3) is 0.364. The smallest absolute Gasteiger partial charge is 0.255 e. The minimum Gasteiger partial charge on any atom is -0.493 e. The summed E-state index contributed by atoms with van der Waals surface area (Å²) < 4.78 is 10.5. The lowest BCUT2D eigenvalue weighted by Crippen LogP contribution is -2.28. The highest BCUT2D eigenvalue weighted by molar-refractivity contribution is 6.31. The predicted octanol–water partition coefficient (Wildman–Crippen LogP) is 4.16. The molecule has 0 bridgehead atoms. The first kappa shape index (κ1) is 21.0. The molecule has 0 atom stereocenters. The van der Waals surface area contributed by atoms with Crippen molar-refractivity contribution in [2.24, 2.45) is 0 Å². The molecule has 1 N–H and O–H groups in total. The van der Waals surface area contributed by atoms with Gasteiger partial charge >= 0.3 is 0 Å². The van der Waals surface area contributed by atoms with E-state index in [1.165, 1.54) is 0 Å². The SMILES string of the molecule is COc1ccc(CCC(=O)Nc2cc(Cl)ccc2C(=O)N2CCCC2)cc1OC. The van der Waals surface area contributed by atoms with Crippen LogP contribution in [0.25, 0.3) is 0 Å². The van der Waals surface area contributed by atoms with Crippen LogP contribution in [-0.2, 0) is 11.2 Å². The number of nitrogens with zero attached hydrogens (tertiary/aromatic N) is 1. The van der Waals surface area contributed by atoms with Gasteiger partial charge in [0.25, 0.3) is 5.91 Å². The van der Waals surface area contributed by atoms with Gasteiger partial charge < -0.3 is 19.7 Å². The molecule has 29 heavy (non-hydrogen) atoms. The molecule has 2 amide bonds. The summed E-state index contributed by atoms with van der Waals surface area (Å²) in [7, 11) is 3.16. The molecule has 0 saturated carbocycles. The van der Waals surface area contributed by atoms with Crippen LogP contribution < -0.4 is 14.8 Å². The second-order valence-corrected chi connectivity index (χ2v) is 7.36. The van der Waals surface area contributed by atoms with Crippen LogP contribution in [0.5, 0.6) is 11.5 Å². The fourth-order valence-corrected chi connectivity index (χ4v) is 3.58. The van der Waals surface area contributed by atoms with Gasteiger partial charge in [-0.3, -0.25) is 9.59 Å². The summed E-state index contributed by atoms with van der Waals surface area (Å²) in [6.45, 7) is 1.49. The number of methoxy groups -OCH3 is 2. The standard InChI is InChI=1S/C22H25ClN2O4/c1-28-19-9-5-15(13-20(19)29-2)6-10-21(26)24-18-14-16(23)7-8-17(18)22(27)25-11-3-4-12-25/h5,7-9,13-14H,3-4,6,10-12H2,1-2H3,(H,24,26). The minimum absolute atomic E-state index is 0.0747. The molecule has 7 heteroatoms. The Hall–Kier alpha value is -2.73. The van der Waals surface area contributed by atoms with E-state index in [-0.39, 0.29) is 18.2 Å². The minimum atomic E-state index is -0.183. The molecule has 0 radical (unpaired) electrons. The highest BCUT2D eigenvalue weighted by atomic mass is 35.5. The molecule has 6 nitrogen and oxygen atoms in total. The summed E-state index contributed by atoms with van der Waals surface area (Å²) in [4.78, 5) is 27.1. The Balaban J connectivity index is 1.67. The number of hydrogen-bond acceptors (Lipinski definition) is 4. The van der Waals surface area contributed by atoms with Crippen molar-refractivity contribution in [3.8, 4) is 11.5 Å². The molecule has 1 fully saturated rings. The number of aryl methyl sites for hydroxylation is 1. The number of rotatable bonds is 7. The number of ether oxygens (including phenoxy) is 2. The highest BCUT2D eigenvalue weighted by Gasteiger charge is 2.22. The van der Waals surface area contributed by atoms with E-state index in [0.29, 0.717) is 34.2 Å². The van der Waals surface area contributed by atoms with Gasteiger partial charge in [0, 0.05) is 24.5 Å². The lowest BCUT2D eigenvalue weighted by molar-refractivity contribution is -0.116. The molecule has 2 aromatic carbocycles. The second-order valence-electron chi connectivity index (χ2n) is 6.93. The van der Waals surface area contributed by atoms with Crippen LogP contribution in [0, 0.1) is 0 Å². The summed E-state index contributed by atoms with van der Waals surface area (Å²) in [5, 5.41) is 3.32. The number of nitrogens with one attached hydrogen (secondary N) is 1. The van der Waals surface area contributed by atoms with Gasteiger partial charge in [-0.2, -0.15) is 0 Å². The highest BCUT2D eigenvalue weighted by Crippen LogP contribution is 2.28. The molecule has 154 valence electrons. The molecule has 1 heterocycles. The molecule has 0 aromatic heterocycles. The number of carbonyl (C=O) groups is 2. The third kappa shape index (κ3) is 5.21. The third-order valence-electron chi connectivity index (χ3n) is 4.97. The molecule has 3 rings (SSSR count). The third-order valence-corrected chi connectivity index (χ3v) is 5.20. The van der Waals surface area contributed by atoms with Gasteiger partial charge in [-0.1, -0.05) is 17.7 Å². The normalized spacial score (nSPS) is 13.3. The number of halogens is 1. The first-order chi connectivity index (χ1) is 14.0. The van der Waals surface area contributed by atoms with Crippen molar-refractivity contribution in [1.82, 2.24) is 4.90 Å². The van der Waals surface area contributed by atoms with Gasteiger partial charge in [0.15, 0.2) is 11.5 Å². The zero-order valence-corrected chi connectivity index (χ0v) is 17.4. The van der Waals surface area contributed by atoms with Crippen LogP contribution in [0.3, 0.4) is 0 Å². The zero-order chi connectivity index (χ0) is 20.8. The van der Waals surface area contributed by atoms with Gasteiger partial charge in [0.05, 0.1) is 25.5 Å². The molecule has 2 aromatic rings. The van der Waals surface area contributed by atoms with Crippen LogP contribution in [0.2, 0.25) is 5.02 Å². The summed E-state index contributed by atoms with van der Waals surface area (Å²) in [6.07, 6.45) is 2.81.